The molecule has 1 aliphatic rings. The number of phenols is 3. The van der Waals surface area contributed by atoms with Gasteiger partial charge in [-0.05, 0) is 41.7 Å². The number of carbonyl (C=O) groups excluding carboxylic acids is 1. The first-order chi connectivity index (χ1) is 9.54. The number of hydrogen-bond donors (Lipinski definition) is 3. The Morgan fingerprint density at radius 1 is 0.900 bits per heavy atom. The first-order valence-electron chi connectivity index (χ1n) is 6.41. The Morgan fingerprint density at radius 3 is 2.30 bits per heavy atom. The molecule has 1 unspecified atom stereocenters. The van der Waals surface area contributed by atoms with E-state index in [1.807, 2.05) is 0 Å². The van der Waals surface area contributed by atoms with Gasteiger partial charge in [-0.15, -0.1) is 0 Å². The highest BCUT2D eigenvalue weighted by atomic mass is 16.3. The molecule has 0 radical (unpaired) electrons. The Kier molecular flexibility index (Phi) is 2.86. The molecule has 1 atom stereocenters. The van der Waals surface area contributed by atoms with Crippen LogP contribution in [0.5, 0.6) is 17.2 Å². The largest absolute Gasteiger partial charge is 0.508 e. The fourth-order valence-corrected chi connectivity index (χ4v) is 2.80. The van der Waals surface area contributed by atoms with Gasteiger partial charge in [0.1, 0.15) is 17.2 Å². The molecule has 0 spiro atoms. The molecule has 0 aromatic heterocycles. The lowest BCUT2D eigenvalue weighted by molar-refractivity contribution is 0.0961. The molecule has 4 heteroatoms. The summed E-state index contributed by atoms with van der Waals surface area (Å²) in [5.41, 5.74) is 1.94. The van der Waals surface area contributed by atoms with E-state index < -0.39 is 0 Å². The van der Waals surface area contributed by atoms with Gasteiger partial charge >= 0.3 is 0 Å². The molecule has 4 nitrogen and oxygen atoms in total. The Balaban J connectivity index is 2.00. The summed E-state index contributed by atoms with van der Waals surface area (Å²) in [6, 6.07) is 9.49. The van der Waals surface area contributed by atoms with Crippen LogP contribution in [-0.4, -0.2) is 21.1 Å². The second-order valence-corrected chi connectivity index (χ2v) is 5.12. The highest BCUT2D eigenvalue weighted by Gasteiger charge is 2.29. The zero-order valence-corrected chi connectivity index (χ0v) is 10.7. The van der Waals surface area contributed by atoms with Crippen LogP contribution in [0.1, 0.15) is 33.8 Å². The molecule has 3 N–H and O–H groups in total. The zero-order valence-electron chi connectivity index (χ0n) is 10.7. The fraction of sp³-hybridized carbons (Fsp3) is 0.188. The molecule has 0 fully saturated rings. The van der Waals surface area contributed by atoms with E-state index in [4.69, 9.17) is 0 Å². The molecule has 0 saturated heterocycles. The van der Waals surface area contributed by atoms with Gasteiger partial charge in [0.05, 0.1) is 5.56 Å². The first kappa shape index (κ1) is 12.5. The molecular weight excluding hydrogens is 256 g/mol. The highest BCUT2D eigenvalue weighted by molar-refractivity contribution is 6.01. The van der Waals surface area contributed by atoms with Crippen LogP contribution < -0.4 is 0 Å². The summed E-state index contributed by atoms with van der Waals surface area (Å²) in [4.78, 5) is 12.2. The summed E-state index contributed by atoms with van der Waals surface area (Å²) in [6.07, 6.45) is 0.893. The number of hydrogen-bond acceptors (Lipinski definition) is 4. The standard InChI is InChI=1S/C16H14O4/c17-12-3-1-9(2-4-12)10-5-11-6-13(18)8-15(20)16(11)14(19)7-10/h1-4,6,8,10,17-18,20H,5,7H2. The number of benzene rings is 2. The highest BCUT2D eigenvalue weighted by Crippen LogP contribution is 2.38. The van der Waals surface area contributed by atoms with E-state index in [2.05, 4.69) is 0 Å². The van der Waals surface area contributed by atoms with Crippen molar-refractivity contribution in [2.45, 2.75) is 18.8 Å². The van der Waals surface area contributed by atoms with Crippen LogP contribution in [0.15, 0.2) is 36.4 Å². The van der Waals surface area contributed by atoms with Gasteiger partial charge in [-0.2, -0.15) is 0 Å². The van der Waals surface area contributed by atoms with Gasteiger partial charge in [0, 0.05) is 12.5 Å². The average Bonchev–Trinajstić information content (AvgIpc) is 2.38. The minimum atomic E-state index is -0.158. The third-order valence-corrected chi connectivity index (χ3v) is 3.73. The van der Waals surface area contributed by atoms with Crippen molar-refractivity contribution in [1.29, 1.82) is 0 Å². The molecule has 0 aliphatic heterocycles. The maximum absolute atomic E-state index is 12.2. The SMILES string of the molecule is O=C1CC(c2ccc(O)cc2)Cc2cc(O)cc(O)c21. The van der Waals surface area contributed by atoms with Gasteiger partial charge in [-0.1, -0.05) is 12.1 Å². The van der Waals surface area contributed by atoms with Gasteiger partial charge in [0.25, 0.3) is 0 Å². The molecule has 20 heavy (non-hydrogen) atoms. The summed E-state index contributed by atoms with van der Waals surface area (Å²) in [5, 5.41) is 28.6. The van der Waals surface area contributed by atoms with Gasteiger partial charge in [0.15, 0.2) is 5.78 Å². The number of carbonyl (C=O) groups is 1. The minimum Gasteiger partial charge on any atom is -0.508 e. The van der Waals surface area contributed by atoms with Crippen LogP contribution in [-0.2, 0) is 6.42 Å². The first-order valence-corrected chi connectivity index (χ1v) is 6.41. The van der Waals surface area contributed by atoms with Gasteiger partial charge < -0.3 is 15.3 Å². The number of fused-ring (bicyclic) bond motifs is 1. The lowest BCUT2D eigenvalue weighted by Gasteiger charge is -2.24. The van der Waals surface area contributed by atoms with Crippen molar-refractivity contribution in [2.24, 2.45) is 0 Å². The summed E-state index contributed by atoms with van der Waals surface area (Å²) >= 11 is 0. The van der Waals surface area contributed by atoms with Crippen LogP contribution in [0.25, 0.3) is 0 Å². The summed E-state index contributed by atoms with van der Waals surface area (Å²) < 4.78 is 0. The summed E-state index contributed by atoms with van der Waals surface area (Å²) in [7, 11) is 0. The normalized spacial score (nSPS) is 17.8. The molecule has 0 bridgehead atoms. The number of Topliss-reactive ketones (excluding diaryl/α,β-unsaturated/α-hetero) is 1. The molecule has 0 saturated carbocycles. The third kappa shape index (κ3) is 2.09. The Morgan fingerprint density at radius 2 is 1.60 bits per heavy atom. The van der Waals surface area contributed by atoms with Crippen molar-refractivity contribution in [3.05, 3.63) is 53.1 Å². The zero-order chi connectivity index (χ0) is 14.3. The Hall–Kier alpha value is -2.49. The Labute approximate surface area is 115 Å². The van der Waals surface area contributed by atoms with E-state index in [1.165, 1.54) is 12.1 Å². The maximum Gasteiger partial charge on any atom is 0.167 e. The predicted octanol–water partition coefficient (Wildman–Crippen LogP) is 2.72. The maximum atomic E-state index is 12.2. The van der Waals surface area contributed by atoms with E-state index in [0.717, 1.165) is 5.56 Å². The second kappa shape index (κ2) is 4.56. The topological polar surface area (TPSA) is 77.8 Å². The lowest BCUT2D eigenvalue weighted by atomic mass is 9.79. The van der Waals surface area contributed by atoms with E-state index in [-0.39, 0.29) is 28.9 Å². The molecule has 2 aromatic carbocycles. The van der Waals surface area contributed by atoms with Gasteiger partial charge in [-0.3, -0.25) is 4.79 Å². The fourth-order valence-electron chi connectivity index (χ4n) is 2.80. The summed E-state index contributed by atoms with van der Waals surface area (Å²) in [5.74, 6) is -0.139. The number of rotatable bonds is 1. The molecule has 2 aromatic rings. The van der Waals surface area contributed by atoms with E-state index in [0.29, 0.717) is 24.0 Å². The van der Waals surface area contributed by atoms with Crippen LogP contribution in [0, 0.1) is 0 Å². The second-order valence-electron chi connectivity index (χ2n) is 5.12. The van der Waals surface area contributed by atoms with Gasteiger partial charge in [0.2, 0.25) is 0 Å². The summed E-state index contributed by atoms with van der Waals surface area (Å²) in [6.45, 7) is 0. The van der Waals surface area contributed by atoms with Crippen molar-refractivity contribution in [2.75, 3.05) is 0 Å². The molecule has 102 valence electrons. The predicted molar refractivity (Wildman–Crippen MR) is 73.3 cm³/mol. The molecule has 1 aliphatic carbocycles. The Bertz CT molecular complexity index is 674. The van der Waals surface area contributed by atoms with Crippen LogP contribution in [0.3, 0.4) is 0 Å². The van der Waals surface area contributed by atoms with Crippen LogP contribution in [0.2, 0.25) is 0 Å². The smallest absolute Gasteiger partial charge is 0.167 e. The van der Waals surface area contributed by atoms with Crippen molar-refractivity contribution in [1.82, 2.24) is 0 Å². The monoisotopic (exact) mass is 270 g/mol. The van der Waals surface area contributed by atoms with Crippen molar-refractivity contribution in [3.8, 4) is 17.2 Å². The quantitative estimate of drug-likeness (QED) is 0.744. The van der Waals surface area contributed by atoms with Crippen molar-refractivity contribution in [3.63, 3.8) is 0 Å². The molecular formula is C16H14O4. The number of phenolic OH excluding ortho intramolecular Hbond substituents is 3. The van der Waals surface area contributed by atoms with E-state index >= 15 is 0 Å². The lowest BCUT2D eigenvalue weighted by Crippen LogP contribution is -2.18. The molecule has 0 heterocycles. The molecule has 3 rings (SSSR count). The van der Waals surface area contributed by atoms with Crippen molar-refractivity contribution < 1.29 is 20.1 Å². The molecule has 0 amide bonds. The van der Waals surface area contributed by atoms with Crippen LogP contribution in [0.4, 0.5) is 0 Å². The average molecular weight is 270 g/mol. The number of aromatic hydroxyl groups is 3. The number of ketones is 1. The van der Waals surface area contributed by atoms with Crippen LogP contribution >= 0.6 is 0 Å². The minimum absolute atomic E-state index is 0.00296. The van der Waals surface area contributed by atoms with Crippen molar-refractivity contribution >= 4 is 5.78 Å². The van der Waals surface area contributed by atoms with E-state index in [9.17, 15) is 20.1 Å². The third-order valence-electron chi connectivity index (χ3n) is 3.73. The van der Waals surface area contributed by atoms with E-state index in [1.54, 1.807) is 24.3 Å². The van der Waals surface area contributed by atoms with Gasteiger partial charge in [-0.25, -0.2) is 0 Å².